The number of hydrogen-bond acceptors (Lipinski definition) is 1. The van der Waals surface area contributed by atoms with Gasteiger partial charge in [0.25, 0.3) is 0 Å². The van der Waals surface area contributed by atoms with E-state index in [4.69, 9.17) is 11.2 Å². The summed E-state index contributed by atoms with van der Waals surface area (Å²) in [7, 11) is 0. The van der Waals surface area contributed by atoms with E-state index in [0.29, 0.717) is 5.75 Å². The lowest BCUT2D eigenvalue weighted by atomic mass is 10.0. The van der Waals surface area contributed by atoms with Crippen LogP contribution in [-0.4, -0.2) is 0 Å². The van der Waals surface area contributed by atoms with Gasteiger partial charge in [-0.3, -0.25) is 0 Å². The van der Waals surface area contributed by atoms with Gasteiger partial charge in [-0.2, -0.15) is 0 Å². The minimum absolute atomic E-state index is 0.664. The fourth-order valence-electron chi connectivity index (χ4n) is 1.72. The lowest BCUT2D eigenvalue weighted by molar-refractivity contribution is 0.484. The summed E-state index contributed by atoms with van der Waals surface area (Å²) in [5.74, 6) is 3.28. The van der Waals surface area contributed by atoms with Crippen LogP contribution >= 0.6 is 15.9 Å². The molecule has 0 spiro atoms. The van der Waals surface area contributed by atoms with E-state index in [2.05, 4.69) is 28.4 Å². The molecule has 0 saturated carbocycles. The number of benzene rings is 2. The Labute approximate surface area is 115 Å². The Kier molecular flexibility index (Phi) is 3.86. The second-order valence-corrected chi connectivity index (χ2v) is 4.53. The predicted molar refractivity (Wildman–Crippen MR) is 78.3 cm³/mol. The molecule has 0 fully saturated rings. The van der Waals surface area contributed by atoms with Gasteiger partial charge in [-0.15, -0.1) is 6.42 Å². The van der Waals surface area contributed by atoms with Gasteiger partial charge < -0.3 is 4.74 Å². The van der Waals surface area contributed by atoms with Crippen molar-refractivity contribution in [3.05, 3.63) is 65.3 Å². The fourth-order valence-corrected chi connectivity index (χ4v) is 1.98. The first-order chi connectivity index (χ1) is 8.76. The Morgan fingerprint density at radius 1 is 1.17 bits per heavy atom. The van der Waals surface area contributed by atoms with Crippen LogP contribution in [0, 0.1) is 12.3 Å². The van der Waals surface area contributed by atoms with Crippen molar-refractivity contribution in [2.45, 2.75) is 0 Å². The zero-order chi connectivity index (χ0) is 13.0. The number of hydrogen-bond donors (Lipinski definition) is 0. The molecule has 0 aliphatic rings. The highest BCUT2D eigenvalue weighted by molar-refractivity contribution is 9.10. The summed E-state index contributed by atoms with van der Waals surface area (Å²) < 4.78 is 6.49. The normalized spacial score (nSPS) is 9.56. The van der Waals surface area contributed by atoms with Crippen LogP contribution in [0.5, 0.6) is 5.75 Å². The maximum atomic E-state index is 5.48. The molecule has 2 rings (SSSR count). The Hall–Kier alpha value is -1.98. The number of para-hydroxylation sites is 1. The molecular formula is C16H11BrO. The average molecular weight is 299 g/mol. The zero-order valence-corrected chi connectivity index (χ0v) is 11.3. The van der Waals surface area contributed by atoms with Gasteiger partial charge in [-0.25, -0.2) is 0 Å². The van der Waals surface area contributed by atoms with Crippen molar-refractivity contribution in [3.8, 4) is 29.2 Å². The van der Waals surface area contributed by atoms with Gasteiger partial charge in [0.1, 0.15) is 5.75 Å². The van der Waals surface area contributed by atoms with E-state index in [9.17, 15) is 0 Å². The van der Waals surface area contributed by atoms with Crippen LogP contribution in [0.4, 0.5) is 0 Å². The van der Waals surface area contributed by atoms with Crippen LogP contribution in [0.25, 0.3) is 11.1 Å². The molecule has 2 aromatic rings. The first-order valence-corrected chi connectivity index (χ1v) is 6.18. The van der Waals surface area contributed by atoms with Gasteiger partial charge in [0, 0.05) is 10.0 Å². The van der Waals surface area contributed by atoms with Gasteiger partial charge in [-0.05, 0) is 23.8 Å². The van der Waals surface area contributed by atoms with E-state index in [1.54, 1.807) is 0 Å². The second kappa shape index (κ2) is 5.57. The van der Waals surface area contributed by atoms with Crippen molar-refractivity contribution >= 4 is 15.9 Å². The Balaban J connectivity index is 2.60. The molecule has 0 unspecified atom stereocenters. The fraction of sp³-hybridized carbons (Fsp3) is 0. The predicted octanol–water partition coefficient (Wildman–Crippen LogP) is 4.62. The summed E-state index contributed by atoms with van der Waals surface area (Å²) in [6.07, 6.45) is 6.87. The monoisotopic (exact) mass is 298 g/mol. The minimum atomic E-state index is 0.664. The van der Waals surface area contributed by atoms with Gasteiger partial charge >= 0.3 is 0 Å². The molecule has 2 aromatic carbocycles. The van der Waals surface area contributed by atoms with Crippen LogP contribution < -0.4 is 4.74 Å². The maximum absolute atomic E-state index is 5.48. The molecule has 0 saturated heterocycles. The standard InChI is InChI=1S/C16H11BrO/c1-3-12-6-5-7-15(16(12)18-4-2)13-8-10-14(17)11-9-13/h1,4-11H,2H2. The van der Waals surface area contributed by atoms with Crippen molar-refractivity contribution < 1.29 is 4.74 Å². The molecule has 0 bridgehead atoms. The summed E-state index contributed by atoms with van der Waals surface area (Å²) >= 11 is 3.42. The Morgan fingerprint density at radius 2 is 1.89 bits per heavy atom. The van der Waals surface area contributed by atoms with E-state index in [-0.39, 0.29) is 0 Å². The summed E-state index contributed by atoms with van der Waals surface area (Å²) in [5.41, 5.74) is 2.72. The second-order valence-electron chi connectivity index (χ2n) is 3.62. The molecule has 88 valence electrons. The average Bonchev–Trinajstić information content (AvgIpc) is 2.40. The maximum Gasteiger partial charge on any atom is 0.149 e. The van der Waals surface area contributed by atoms with Crippen LogP contribution in [0.1, 0.15) is 5.56 Å². The molecule has 0 N–H and O–H groups in total. The third kappa shape index (κ3) is 2.47. The molecule has 0 atom stereocenters. The number of rotatable bonds is 3. The van der Waals surface area contributed by atoms with Crippen LogP contribution in [-0.2, 0) is 0 Å². The van der Waals surface area contributed by atoms with Gasteiger partial charge in [-0.1, -0.05) is 52.7 Å². The minimum Gasteiger partial charge on any atom is -0.464 e. The van der Waals surface area contributed by atoms with Crippen molar-refractivity contribution in [1.29, 1.82) is 0 Å². The topological polar surface area (TPSA) is 9.23 Å². The van der Waals surface area contributed by atoms with Crippen molar-refractivity contribution in [2.24, 2.45) is 0 Å². The highest BCUT2D eigenvalue weighted by Crippen LogP contribution is 2.33. The van der Waals surface area contributed by atoms with Gasteiger partial charge in [0.2, 0.25) is 0 Å². The van der Waals surface area contributed by atoms with Crippen molar-refractivity contribution in [2.75, 3.05) is 0 Å². The number of terminal acetylenes is 1. The highest BCUT2D eigenvalue weighted by atomic mass is 79.9. The SMILES string of the molecule is C#Cc1cccc(-c2ccc(Br)cc2)c1OC=C. The molecule has 18 heavy (non-hydrogen) atoms. The molecule has 1 nitrogen and oxygen atoms in total. The molecule has 0 amide bonds. The molecule has 0 heterocycles. The van der Waals surface area contributed by atoms with Crippen LogP contribution in [0.3, 0.4) is 0 Å². The summed E-state index contributed by atoms with van der Waals surface area (Å²) in [6, 6.07) is 13.7. The third-order valence-electron chi connectivity index (χ3n) is 2.53. The van der Waals surface area contributed by atoms with Crippen LogP contribution in [0.15, 0.2) is 59.8 Å². The first-order valence-electron chi connectivity index (χ1n) is 5.39. The number of halogens is 1. The third-order valence-corrected chi connectivity index (χ3v) is 3.06. The summed E-state index contributed by atoms with van der Waals surface area (Å²) in [5, 5.41) is 0. The largest absolute Gasteiger partial charge is 0.464 e. The lowest BCUT2D eigenvalue weighted by Gasteiger charge is -2.10. The number of ether oxygens (including phenoxy) is 1. The molecule has 0 aromatic heterocycles. The van der Waals surface area contributed by atoms with E-state index in [1.165, 1.54) is 6.26 Å². The first kappa shape index (κ1) is 12.5. The Morgan fingerprint density at radius 3 is 2.50 bits per heavy atom. The highest BCUT2D eigenvalue weighted by Gasteiger charge is 2.09. The molecule has 0 aliphatic heterocycles. The Bertz CT molecular complexity index is 606. The van der Waals surface area contributed by atoms with E-state index >= 15 is 0 Å². The molecule has 2 heteroatoms. The van der Waals surface area contributed by atoms with Gasteiger partial charge in [0.05, 0.1) is 11.8 Å². The lowest BCUT2D eigenvalue weighted by Crippen LogP contribution is -1.90. The van der Waals surface area contributed by atoms with E-state index < -0.39 is 0 Å². The molecular weight excluding hydrogens is 288 g/mol. The molecule has 0 aliphatic carbocycles. The smallest absolute Gasteiger partial charge is 0.149 e. The van der Waals surface area contributed by atoms with E-state index in [1.807, 2.05) is 42.5 Å². The summed E-state index contributed by atoms with van der Waals surface area (Å²) in [6.45, 7) is 3.58. The summed E-state index contributed by atoms with van der Waals surface area (Å²) in [4.78, 5) is 0. The van der Waals surface area contributed by atoms with E-state index in [0.717, 1.165) is 21.2 Å². The van der Waals surface area contributed by atoms with Crippen molar-refractivity contribution in [3.63, 3.8) is 0 Å². The van der Waals surface area contributed by atoms with Crippen molar-refractivity contribution in [1.82, 2.24) is 0 Å². The molecule has 0 radical (unpaired) electrons. The quantitative estimate of drug-likeness (QED) is 0.593. The zero-order valence-electron chi connectivity index (χ0n) is 9.69. The van der Waals surface area contributed by atoms with Crippen LogP contribution in [0.2, 0.25) is 0 Å². The van der Waals surface area contributed by atoms with Gasteiger partial charge in [0.15, 0.2) is 0 Å².